The quantitative estimate of drug-likeness (QED) is 0.718. The molecule has 2 aliphatic heterocycles. The van der Waals surface area contributed by atoms with Crippen molar-refractivity contribution in [3.8, 4) is 0 Å². The minimum absolute atomic E-state index is 0.301. The van der Waals surface area contributed by atoms with Crippen molar-refractivity contribution < 1.29 is 4.74 Å². The second-order valence-corrected chi connectivity index (χ2v) is 5.40. The van der Waals surface area contributed by atoms with Gasteiger partial charge < -0.3 is 10.1 Å². The highest BCUT2D eigenvalue weighted by atomic mass is 32.2. The van der Waals surface area contributed by atoms with Gasteiger partial charge >= 0.3 is 0 Å². The summed E-state index contributed by atoms with van der Waals surface area (Å²) in [5.74, 6) is 3.22. The van der Waals surface area contributed by atoms with Crippen LogP contribution < -0.4 is 5.32 Å². The molecule has 0 amide bonds. The van der Waals surface area contributed by atoms with Crippen LogP contribution in [0.1, 0.15) is 13.3 Å². The van der Waals surface area contributed by atoms with Gasteiger partial charge in [-0.1, -0.05) is 12.2 Å². The molecule has 0 bridgehead atoms. The second kappa shape index (κ2) is 4.69. The number of ether oxygens (including phenoxy) is 1. The van der Waals surface area contributed by atoms with Crippen molar-refractivity contribution in [3.63, 3.8) is 0 Å². The number of thioether (sulfide) groups is 1. The molecule has 2 aliphatic rings. The summed E-state index contributed by atoms with van der Waals surface area (Å²) in [6, 6.07) is 0.756. The summed E-state index contributed by atoms with van der Waals surface area (Å²) in [4.78, 5) is 0. The average molecular weight is 213 g/mol. The zero-order valence-electron chi connectivity index (χ0n) is 8.79. The lowest BCUT2D eigenvalue weighted by Gasteiger charge is -2.28. The molecule has 2 unspecified atom stereocenters. The van der Waals surface area contributed by atoms with E-state index in [0.717, 1.165) is 19.2 Å². The van der Waals surface area contributed by atoms with Crippen LogP contribution in [-0.2, 0) is 4.74 Å². The number of hydrogen-bond donors (Lipinski definition) is 1. The van der Waals surface area contributed by atoms with Crippen LogP contribution in [0.2, 0.25) is 0 Å². The van der Waals surface area contributed by atoms with E-state index in [1.54, 1.807) is 0 Å². The third-order valence-corrected chi connectivity index (χ3v) is 4.28. The minimum Gasteiger partial charge on any atom is -0.374 e. The maximum Gasteiger partial charge on any atom is 0.0820 e. The molecule has 0 aromatic carbocycles. The molecule has 0 saturated carbocycles. The van der Waals surface area contributed by atoms with E-state index < -0.39 is 0 Å². The normalized spacial score (nSPS) is 32.9. The molecule has 0 spiro atoms. The maximum atomic E-state index is 5.67. The van der Waals surface area contributed by atoms with Crippen LogP contribution in [0, 0.1) is 5.92 Å². The first-order valence-electron chi connectivity index (χ1n) is 5.35. The fraction of sp³-hybridized carbons (Fsp3) is 0.818. The Morgan fingerprint density at radius 3 is 2.93 bits per heavy atom. The molecular weight excluding hydrogens is 194 g/mol. The first-order valence-corrected chi connectivity index (χ1v) is 6.51. The second-order valence-electron chi connectivity index (χ2n) is 4.33. The van der Waals surface area contributed by atoms with E-state index in [1.165, 1.54) is 23.5 Å². The molecule has 0 aromatic rings. The first-order chi connectivity index (χ1) is 6.77. The zero-order valence-corrected chi connectivity index (χ0v) is 9.61. The first kappa shape index (κ1) is 10.5. The van der Waals surface area contributed by atoms with Gasteiger partial charge in [0.2, 0.25) is 0 Å². The summed E-state index contributed by atoms with van der Waals surface area (Å²) in [6.45, 7) is 8.07. The molecule has 2 heterocycles. The van der Waals surface area contributed by atoms with Gasteiger partial charge in [-0.15, -0.1) is 0 Å². The third kappa shape index (κ3) is 2.33. The van der Waals surface area contributed by atoms with E-state index in [2.05, 4.69) is 18.8 Å². The maximum absolute atomic E-state index is 5.67. The Morgan fingerprint density at radius 1 is 1.57 bits per heavy atom. The fourth-order valence-electron chi connectivity index (χ4n) is 2.06. The number of rotatable bonds is 4. The van der Waals surface area contributed by atoms with Gasteiger partial charge in [-0.3, -0.25) is 0 Å². The topological polar surface area (TPSA) is 21.3 Å². The SMILES string of the molecule is C=C(C)C1OCCC1CNC1CSC1. The van der Waals surface area contributed by atoms with Gasteiger partial charge in [0.1, 0.15) is 0 Å². The van der Waals surface area contributed by atoms with E-state index in [-0.39, 0.29) is 0 Å². The summed E-state index contributed by atoms with van der Waals surface area (Å²) >= 11 is 2.02. The highest BCUT2D eigenvalue weighted by Crippen LogP contribution is 2.26. The van der Waals surface area contributed by atoms with Crippen LogP contribution in [0.4, 0.5) is 0 Å². The third-order valence-electron chi connectivity index (χ3n) is 3.01. The molecule has 2 fully saturated rings. The molecule has 0 radical (unpaired) electrons. The van der Waals surface area contributed by atoms with Gasteiger partial charge in [-0.25, -0.2) is 0 Å². The molecule has 14 heavy (non-hydrogen) atoms. The summed E-state index contributed by atoms with van der Waals surface area (Å²) < 4.78 is 5.67. The van der Waals surface area contributed by atoms with Gasteiger partial charge in [0, 0.05) is 36.6 Å². The van der Waals surface area contributed by atoms with E-state index in [0.29, 0.717) is 12.0 Å². The molecule has 1 N–H and O–H groups in total. The molecule has 80 valence electrons. The lowest BCUT2D eigenvalue weighted by molar-refractivity contribution is 0.118. The minimum atomic E-state index is 0.301. The number of hydrogen-bond acceptors (Lipinski definition) is 3. The summed E-state index contributed by atoms with van der Waals surface area (Å²) in [5, 5.41) is 3.60. The Labute approximate surface area is 90.5 Å². The van der Waals surface area contributed by atoms with Crippen molar-refractivity contribution in [1.29, 1.82) is 0 Å². The van der Waals surface area contributed by atoms with Gasteiger partial charge in [0.05, 0.1) is 6.10 Å². The van der Waals surface area contributed by atoms with Crippen LogP contribution in [-0.4, -0.2) is 36.8 Å². The molecule has 3 heteroatoms. The molecular formula is C11H19NOS. The van der Waals surface area contributed by atoms with Crippen LogP contribution in [0.3, 0.4) is 0 Å². The van der Waals surface area contributed by atoms with Gasteiger partial charge in [0.25, 0.3) is 0 Å². The van der Waals surface area contributed by atoms with E-state index in [9.17, 15) is 0 Å². The van der Waals surface area contributed by atoms with Crippen LogP contribution in [0.25, 0.3) is 0 Å². The largest absolute Gasteiger partial charge is 0.374 e. The van der Waals surface area contributed by atoms with Crippen LogP contribution >= 0.6 is 11.8 Å². The molecule has 2 saturated heterocycles. The predicted octanol–water partition coefficient (Wildman–Crippen LogP) is 1.67. The van der Waals surface area contributed by atoms with Crippen molar-refractivity contribution in [2.24, 2.45) is 5.92 Å². The Balaban J connectivity index is 1.75. The van der Waals surface area contributed by atoms with E-state index >= 15 is 0 Å². The van der Waals surface area contributed by atoms with Crippen molar-refractivity contribution in [3.05, 3.63) is 12.2 Å². The smallest absolute Gasteiger partial charge is 0.0820 e. The Hall–Kier alpha value is 0.0100. The van der Waals surface area contributed by atoms with Crippen molar-refractivity contribution >= 4 is 11.8 Å². The Morgan fingerprint density at radius 2 is 2.36 bits per heavy atom. The predicted molar refractivity (Wildman–Crippen MR) is 61.8 cm³/mol. The molecule has 0 aliphatic carbocycles. The summed E-state index contributed by atoms with van der Waals surface area (Å²) in [5.41, 5.74) is 1.18. The average Bonchev–Trinajstić information content (AvgIpc) is 2.49. The summed E-state index contributed by atoms with van der Waals surface area (Å²) in [6.07, 6.45) is 1.49. The van der Waals surface area contributed by atoms with Gasteiger partial charge in [-0.05, 0) is 13.3 Å². The van der Waals surface area contributed by atoms with Crippen molar-refractivity contribution in [1.82, 2.24) is 5.32 Å². The van der Waals surface area contributed by atoms with Crippen LogP contribution in [0.15, 0.2) is 12.2 Å². The number of nitrogens with one attached hydrogen (secondary N) is 1. The molecule has 0 aromatic heterocycles. The lowest BCUT2D eigenvalue weighted by atomic mass is 9.97. The van der Waals surface area contributed by atoms with Crippen molar-refractivity contribution in [2.45, 2.75) is 25.5 Å². The van der Waals surface area contributed by atoms with Crippen LogP contribution in [0.5, 0.6) is 0 Å². The van der Waals surface area contributed by atoms with Gasteiger partial charge in [0.15, 0.2) is 0 Å². The highest BCUT2D eigenvalue weighted by Gasteiger charge is 2.29. The molecule has 2 rings (SSSR count). The van der Waals surface area contributed by atoms with Gasteiger partial charge in [-0.2, -0.15) is 11.8 Å². The molecule has 2 atom stereocenters. The monoisotopic (exact) mass is 213 g/mol. The Bertz CT molecular complexity index is 215. The van der Waals surface area contributed by atoms with E-state index in [1.807, 2.05) is 11.8 Å². The molecule has 2 nitrogen and oxygen atoms in total. The van der Waals surface area contributed by atoms with E-state index in [4.69, 9.17) is 4.74 Å². The highest BCUT2D eigenvalue weighted by molar-refractivity contribution is 8.00. The van der Waals surface area contributed by atoms with Crippen molar-refractivity contribution in [2.75, 3.05) is 24.7 Å². The lowest BCUT2D eigenvalue weighted by Crippen LogP contribution is -2.43. The fourth-order valence-corrected chi connectivity index (χ4v) is 2.77. The summed E-state index contributed by atoms with van der Waals surface area (Å²) in [7, 11) is 0. The Kier molecular flexibility index (Phi) is 3.52. The zero-order chi connectivity index (χ0) is 9.97. The standard InChI is InChI=1S/C11H19NOS/c1-8(2)11-9(3-4-13-11)5-12-10-6-14-7-10/h9-12H,1,3-7H2,2H3.